The van der Waals surface area contributed by atoms with Crippen molar-refractivity contribution in [1.29, 1.82) is 0 Å². The Balaban J connectivity index is 1.44. The molecule has 0 spiro atoms. The SMILES string of the molecule is CCn1c(SCc2nc(-c3ccccc3)no2)nc2cc(-c3ccccc3)sc2c1=O. The van der Waals surface area contributed by atoms with Crippen LogP contribution in [-0.2, 0) is 12.3 Å². The summed E-state index contributed by atoms with van der Waals surface area (Å²) in [6, 6.07) is 21.7. The minimum Gasteiger partial charge on any atom is -0.338 e. The summed E-state index contributed by atoms with van der Waals surface area (Å²) in [5.41, 5.74) is 2.69. The molecule has 0 aliphatic carbocycles. The van der Waals surface area contributed by atoms with Gasteiger partial charge in [-0.3, -0.25) is 9.36 Å². The Morgan fingerprint density at radius 3 is 2.42 bits per heavy atom. The summed E-state index contributed by atoms with van der Waals surface area (Å²) in [6.45, 7) is 2.49. The highest BCUT2D eigenvalue weighted by Crippen LogP contribution is 2.32. The highest BCUT2D eigenvalue weighted by molar-refractivity contribution is 7.98. The highest BCUT2D eigenvalue weighted by Gasteiger charge is 2.16. The Morgan fingerprint density at radius 2 is 1.71 bits per heavy atom. The first-order valence-electron chi connectivity index (χ1n) is 9.83. The van der Waals surface area contributed by atoms with Crippen LogP contribution >= 0.6 is 23.1 Å². The Hall–Kier alpha value is -3.23. The number of fused-ring (bicyclic) bond motifs is 1. The van der Waals surface area contributed by atoms with E-state index in [-0.39, 0.29) is 5.56 Å². The molecule has 31 heavy (non-hydrogen) atoms. The van der Waals surface area contributed by atoms with Crippen LogP contribution in [-0.4, -0.2) is 19.7 Å². The molecule has 3 heterocycles. The van der Waals surface area contributed by atoms with Gasteiger partial charge in [-0.05, 0) is 18.6 Å². The predicted molar refractivity (Wildman–Crippen MR) is 124 cm³/mol. The maximum Gasteiger partial charge on any atom is 0.272 e. The molecule has 3 aromatic heterocycles. The van der Waals surface area contributed by atoms with Gasteiger partial charge in [0.2, 0.25) is 11.7 Å². The first kappa shape index (κ1) is 19.7. The summed E-state index contributed by atoms with van der Waals surface area (Å²) in [4.78, 5) is 23.4. The van der Waals surface area contributed by atoms with Crippen LogP contribution in [0.1, 0.15) is 12.8 Å². The molecule has 0 unspecified atom stereocenters. The van der Waals surface area contributed by atoms with Gasteiger partial charge in [-0.2, -0.15) is 4.98 Å². The molecule has 0 saturated carbocycles. The first-order chi connectivity index (χ1) is 15.2. The lowest BCUT2D eigenvalue weighted by molar-refractivity contribution is 0.391. The van der Waals surface area contributed by atoms with E-state index >= 15 is 0 Å². The van der Waals surface area contributed by atoms with Crippen LogP contribution in [0.4, 0.5) is 0 Å². The largest absolute Gasteiger partial charge is 0.338 e. The lowest BCUT2D eigenvalue weighted by atomic mass is 10.2. The predicted octanol–water partition coefficient (Wildman–Crippen LogP) is 5.49. The van der Waals surface area contributed by atoms with Crippen molar-refractivity contribution in [2.24, 2.45) is 0 Å². The Kier molecular flexibility index (Phi) is 5.40. The van der Waals surface area contributed by atoms with E-state index in [0.717, 1.165) is 21.5 Å². The van der Waals surface area contributed by atoms with Crippen molar-refractivity contribution >= 4 is 33.3 Å². The van der Waals surface area contributed by atoms with E-state index in [1.165, 1.54) is 23.1 Å². The fraction of sp³-hybridized carbons (Fsp3) is 0.130. The quantitative estimate of drug-likeness (QED) is 0.254. The molecule has 6 nitrogen and oxygen atoms in total. The summed E-state index contributed by atoms with van der Waals surface area (Å²) in [5, 5.41) is 4.71. The van der Waals surface area contributed by atoms with E-state index in [4.69, 9.17) is 9.51 Å². The number of thiophene rings is 1. The van der Waals surface area contributed by atoms with Gasteiger partial charge in [0.05, 0.1) is 11.3 Å². The zero-order chi connectivity index (χ0) is 21.2. The maximum absolute atomic E-state index is 13.1. The zero-order valence-electron chi connectivity index (χ0n) is 16.7. The van der Waals surface area contributed by atoms with Gasteiger partial charge in [0, 0.05) is 17.0 Å². The summed E-state index contributed by atoms with van der Waals surface area (Å²) in [5.74, 6) is 1.49. The Morgan fingerprint density at radius 1 is 1.00 bits per heavy atom. The van der Waals surface area contributed by atoms with Crippen molar-refractivity contribution in [3.8, 4) is 21.8 Å². The number of benzene rings is 2. The molecule has 5 rings (SSSR count). The van der Waals surface area contributed by atoms with Gasteiger partial charge < -0.3 is 4.52 Å². The van der Waals surface area contributed by atoms with Crippen molar-refractivity contribution in [3.63, 3.8) is 0 Å². The van der Waals surface area contributed by atoms with Crippen molar-refractivity contribution < 1.29 is 4.52 Å². The van der Waals surface area contributed by atoms with Crippen LogP contribution in [0.3, 0.4) is 0 Å². The lowest BCUT2D eigenvalue weighted by Crippen LogP contribution is -2.21. The summed E-state index contributed by atoms with van der Waals surface area (Å²) in [7, 11) is 0. The monoisotopic (exact) mass is 446 g/mol. The van der Waals surface area contributed by atoms with Gasteiger partial charge in [0.1, 0.15) is 4.70 Å². The summed E-state index contributed by atoms with van der Waals surface area (Å²) >= 11 is 2.91. The van der Waals surface area contributed by atoms with E-state index in [2.05, 4.69) is 10.1 Å². The number of nitrogens with zero attached hydrogens (tertiary/aromatic N) is 4. The smallest absolute Gasteiger partial charge is 0.272 e. The molecule has 0 amide bonds. The fourth-order valence-corrected chi connectivity index (χ4v) is 5.22. The van der Waals surface area contributed by atoms with Gasteiger partial charge >= 0.3 is 0 Å². The fourth-order valence-electron chi connectivity index (χ4n) is 3.27. The van der Waals surface area contributed by atoms with Crippen LogP contribution in [0.25, 0.3) is 32.0 Å². The second-order valence-corrected chi connectivity index (χ2v) is 8.80. The van der Waals surface area contributed by atoms with Crippen LogP contribution in [0, 0.1) is 0 Å². The molecule has 0 radical (unpaired) electrons. The second kappa shape index (κ2) is 8.49. The van der Waals surface area contributed by atoms with Crippen molar-refractivity contribution in [3.05, 3.63) is 83.0 Å². The van der Waals surface area contributed by atoms with Gasteiger partial charge in [0.25, 0.3) is 5.56 Å². The van der Waals surface area contributed by atoms with Crippen molar-refractivity contribution in [2.45, 2.75) is 24.4 Å². The number of hydrogen-bond acceptors (Lipinski definition) is 7. The summed E-state index contributed by atoms with van der Waals surface area (Å²) in [6.07, 6.45) is 0. The third-order valence-electron chi connectivity index (χ3n) is 4.80. The topological polar surface area (TPSA) is 73.8 Å². The van der Waals surface area contributed by atoms with E-state index in [9.17, 15) is 4.79 Å². The average molecular weight is 447 g/mol. The molecule has 0 fully saturated rings. The van der Waals surface area contributed by atoms with Gasteiger partial charge in [-0.1, -0.05) is 77.6 Å². The molecule has 2 aromatic carbocycles. The highest BCUT2D eigenvalue weighted by atomic mass is 32.2. The molecule has 5 aromatic rings. The third kappa shape index (κ3) is 3.92. The lowest BCUT2D eigenvalue weighted by Gasteiger charge is -2.08. The maximum atomic E-state index is 13.1. The molecule has 0 saturated heterocycles. The number of rotatable bonds is 6. The molecular weight excluding hydrogens is 428 g/mol. The van der Waals surface area contributed by atoms with E-state index < -0.39 is 0 Å². The minimum atomic E-state index is -0.0160. The molecule has 0 aliphatic heterocycles. The molecule has 0 atom stereocenters. The van der Waals surface area contributed by atoms with Gasteiger partial charge in [0.15, 0.2) is 5.16 Å². The first-order valence-corrected chi connectivity index (χ1v) is 11.6. The van der Waals surface area contributed by atoms with Gasteiger partial charge in [-0.15, -0.1) is 11.3 Å². The molecular formula is C23H18N4O2S2. The van der Waals surface area contributed by atoms with Crippen molar-refractivity contribution in [2.75, 3.05) is 0 Å². The van der Waals surface area contributed by atoms with Crippen LogP contribution in [0.5, 0.6) is 0 Å². The average Bonchev–Trinajstić information content (AvgIpc) is 3.47. The minimum absolute atomic E-state index is 0.0160. The standard InChI is InChI=1S/C23H18N4O2S2/c1-2-27-22(28)20-17(13-18(31-20)15-9-5-3-6-10-15)24-23(27)30-14-19-25-21(26-29-19)16-11-7-4-8-12-16/h3-13H,2,14H2,1H3. The van der Waals surface area contributed by atoms with E-state index in [0.29, 0.717) is 33.9 Å². The number of hydrogen-bond donors (Lipinski definition) is 0. The third-order valence-corrected chi connectivity index (χ3v) is 6.92. The molecule has 8 heteroatoms. The normalized spacial score (nSPS) is 11.3. The van der Waals surface area contributed by atoms with Crippen LogP contribution < -0.4 is 5.56 Å². The Bertz CT molecular complexity index is 1390. The molecule has 0 aliphatic rings. The zero-order valence-corrected chi connectivity index (χ0v) is 18.3. The number of aromatic nitrogens is 4. The molecule has 0 bridgehead atoms. The van der Waals surface area contributed by atoms with E-state index in [1.807, 2.05) is 73.7 Å². The van der Waals surface area contributed by atoms with Crippen LogP contribution in [0.15, 0.2) is 81.2 Å². The molecule has 154 valence electrons. The van der Waals surface area contributed by atoms with Crippen molar-refractivity contribution in [1.82, 2.24) is 19.7 Å². The van der Waals surface area contributed by atoms with Gasteiger partial charge in [-0.25, -0.2) is 4.98 Å². The Labute approximate surface area is 186 Å². The number of thioether (sulfide) groups is 1. The summed E-state index contributed by atoms with van der Waals surface area (Å²) < 4.78 is 7.78. The van der Waals surface area contributed by atoms with E-state index in [1.54, 1.807) is 4.57 Å². The second-order valence-electron chi connectivity index (χ2n) is 6.80. The molecule has 0 N–H and O–H groups in total. The van der Waals surface area contributed by atoms with Crippen LogP contribution in [0.2, 0.25) is 0 Å².